The van der Waals surface area contributed by atoms with Gasteiger partial charge in [0.25, 0.3) is 0 Å². The number of nitrogens with zero attached hydrogens (tertiary/aromatic N) is 1. The zero-order valence-corrected chi connectivity index (χ0v) is 12.1. The molecular weight excluding hydrogens is 266 g/mol. The van der Waals surface area contributed by atoms with E-state index in [4.69, 9.17) is 11.6 Å². The number of hydrogen-bond acceptors (Lipinski definition) is 2. The Morgan fingerprint density at radius 2 is 2.39 bits per heavy atom. The lowest BCUT2D eigenvalue weighted by Crippen LogP contribution is -2.30. The molecule has 0 N–H and O–H groups in total. The number of rotatable bonds is 4. The molecule has 4 heteroatoms. The molecule has 0 aliphatic carbocycles. The van der Waals surface area contributed by atoms with Crippen LogP contribution in [0, 0.1) is 0 Å². The van der Waals surface area contributed by atoms with Crippen molar-refractivity contribution in [1.29, 1.82) is 0 Å². The van der Waals surface area contributed by atoms with Crippen molar-refractivity contribution >= 4 is 29.3 Å². The van der Waals surface area contributed by atoms with Crippen LogP contribution in [0.1, 0.15) is 37.1 Å². The van der Waals surface area contributed by atoms with Gasteiger partial charge in [0.1, 0.15) is 5.37 Å². The molecule has 0 spiro atoms. The molecule has 18 heavy (non-hydrogen) atoms. The predicted octanol–water partition coefficient (Wildman–Crippen LogP) is 4.10. The molecule has 0 radical (unpaired) electrons. The summed E-state index contributed by atoms with van der Waals surface area (Å²) in [6, 6.07) is 7.83. The molecule has 1 aliphatic heterocycles. The predicted molar refractivity (Wildman–Crippen MR) is 77.9 cm³/mol. The van der Waals surface area contributed by atoms with Crippen LogP contribution in [0.2, 0.25) is 5.02 Å². The maximum absolute atomic E-state index is 12.2. The van der Waals surface area contributed by atoms with E-state index < -0.39 is 0 Å². The number of carbonyl (C=O) groups is 1. The third kappa shape index (κ3) is 3.21. The molecule has 98 valence electrons. The fourth-order valence-corrected chi connectivity index (χ4v) is 3.60. The van der Waals surface area contributed by atoms with Gasteiger partial charge in [0.2, 0.25) is 5.91 Å². The van der Waals surface area contributed by atoms with Crippen molar-refractivity contribution in [2.45, 2.75) is 31.6 Å². The third-order valence-electron chi connectivity index (χ3n) is 3.09. The maximum atomic E-state index is 12.2. The summed E-state index contributed by atoms with van der Waals surface area (Å²) in [5.41, 5.74) is 1.13. The Morgan fingerprint density at radius 1 is 1.56 bits per heavy atom. The van der Waals surface area contributed by atoms with E-state index in [-0.39, 0.29) is 11.3 Å². The number of unbranched alkanes of at least 4 members (excludes halogenated alkanes) is 1. The molecule has 2 rings (SSSR count). The smallest absolute Gasteiger partial charge is 0.223 e. The van der Waals surface area contributed by atoms with Gasteiger partial charge in [-0.25, -0.2) is 0 Å². The fraction of sp³-hybridized carbons (Fsp3) is 0.500. The second-order valence-corrected chi connectivity index (χ2v) is 6.09. The van der Waals surface area contributed by atoms with Crippen LogP contribution in [0.3, 0.4) is 0 Å². The van der Waals surface area contributed by atoms with E-state index in [1.54, 1.807) is 0 Å². The molecule has 0 aromatic heterocycles. The van der Waals surface area contributed by atoms with E-state index in [1.165, 1.54) is 0 Å². The minimum absolute atomic E-state index is 0.146. The van der Waals surface area contributed by atoms with Gasteiger partial charge in [0.15, 0.2) is 0 Å². The van der Waals surface area contributed by atoms with Crippen LogP contribution >= 0.6 is 23.4 Å². The topological polar surface area (TPSA) is 20.3 Å². The minimum Gasteiger partial charge on any atom is -0.326 e. The summed E-state index contributed by atoms with van der Waals surface area (Å²) in [5.74, 6) is 1.28. The largest absolute Gasteiger partial charge is 0.326 e. The quantitative estimate of drug-likeness (QED) is 0.829. The van der Waals surface area contributed by atoms with Crippen LogP contribution in [0.4, 0.5) is 0 Å². The van der Waals surface area contributed by atoms with E-state index in [2.05, 4.69) is 13.0 Å². The maximum Gasteiger partial charge on any atom is 0.223 e. The second-order valence-electron chi connectivity index (χ2n) is 4.47. The van der Waals surface area contributed by atoms with Crippen LogP contribution < -0.4 is 0 Å². The lowest BCUT2D eigenvalue weighted by atomic mass is 10.2. The SMILES string of the molecule is CCCCC(=O)N1CCS[C@H]1c1cccc(Cl)c1. The van der Waals surface area contributed by atoms with Gasteiger partial charge in [-0.2, -0.15) is 0 Å². The highest BCUT2D eigenvalue weighted by molar-refractivity contribution is 7.99. The van der Waals surface area contributed by atoms with Crippen molar-refractivity contribution < 1.29 is 4.79 Å². The minimum atomic E-state index is 0.146. The van der Waals surface area contributed by atoms with E-state index >= 15 is 0 Å². The summed E-state index contributed by atoms with van der Waals surface area (Å²) in [6.07, 6.45) is 2.70. The monoisotopic (exact) mass is 283 g/mol. The average Bonchev–Trinajstić information content (AvgIpc) is 2.85. The molecule has 0 saturated carbocycles. The number of hydrogen-bond donors (Lipinski definition) is 0. The van der Waals surface area contributed by atoms with Gasteiger partial charge in [-0.1, -0.05) is 37.1 Å². The summed E-state index contributed by atoms with van der Waals surface area (Å²) in [7, 11) is 0. The molecule has 1 atom stereocenters. The van der Waals surface area contributed by atoms with E-state index in [0.717, 1.165) is 35.7 Å². The molecule has 0 unspecified atom stereocenters. The summed E-state index contributed by atoms with van der Waals surface area (Å²) in [4.78, 5) is 14.1. The van der Waals surface area contributed by atoms with E-state index in [1.807, 2.05) is 34.9 Å². The number of carbonyl (C=O) groups excluding carboxylic acids is 1. The van der Waals surface area contributed by atoms with Crippen LogP contribution in [-0.4, -0.2) is 23.1 Å². The molecule has 1 aromatic carbocycles. The molecule has 1 aliphatic rings. The number of thioether (sulfide) groups is 1. The van der Waals surface area contributed by atoms with Crippen LogP contribution in [-0.2, 0) is 4.79 Å². The van der Waals surface area contributed by atoms with Crippen LogP contribution in [0.25, 0.3) is 0 Å². The van der Waals surface area contributed by atoms with Crippen LogP contribution in [0.15, 0.2) is 24.3 Å². The molecule has 1 amide bonds. The molecule has 1 aromatic rings. The Balaban J connectivity index is 2.10. The Hall–Kier alpha value is -0.670. The summed E-state index contributed by atoms with van der Waals surface area (Å²) >= 11 is 7.84. The second kappa shape index (κ2) is 6.48. The normalized spacial score (nSPS) is 19.2. The molecule has 1 saturated heterocycles. The molecule has 2 nitrogen and oxygen atoms in total. The van der Waals surface area contributed by atoms with Crippen molar-refractivity contribution in [3.63, 3.8) is 0 Å². The Bertz CT molecular complexity index is 424. The lowest BCUT2D eigenvalue weighted by Gasteiger charge is -2.24. The van der Waals surface area contributed by atoms with Crippen LogP contribution in [0.5, 0.6) is 0 Å². The van der Waals surface area contributed by atoms with Crippen molar-refractivity contribution in [1.82, 2.24) is 4.90 Å². The van der Waals surface area contributed by atoms with Gasteiger partial charge in [-0.3, -0.25) is 4.79 Å². The summed E-state index contributed by atoms with van der Waals surface area (Å²) in [6.45, 7) is 2.96. The van der Waals surface area contributed by atoms with Gasteiger partial charge >= 0.3 is 0 Å². The van der Waals surface area contributed by atoms with E-state index in [9.17, 15) is 4.79 Å². The van der Waals surface area contributed by atoms with Gasteiger partial charge < -0.3 is 4.90 Å². The van der Waals surface area contributed by atoms with Crippen molar-refractivity contribution in [3.8, 4) is 0 Å². The summed E-state index contributed by atoms with van der Waals surface area (Å²) < 4.78 is 0. The first kappa shape index (κ1) is 13.8. The van der Waals surface area contributed by atoms with Gasteiger partial charge in [-0.05, 0) is 24.1 Å². The highest BCUT2D eigenvalue weighted by atomic mass is 35.5. The number of amides is 1. The fourth-order valence-electron chi connectivity index (χ4n) is 2.13. The van der Waals surface area contributed by atoms with Crippen molar-refractivity contribution in [2.24, 2.45) is 0 Å². The first-order chi connectivity index (χ1) is 8.72. The number of benzene rings is 1. The molecule has 1 heterocycles. The first-order valence-electron chi connectivity index (χ1n) is 6.39. The highest BCUT2D eigenvalue weighted by Crippen LogP contribution is 2.38. The van der Waals surface area contributed by atoms with Gasteiger partial charge in [0, 0.05) is 23.7 Å². The molecular formula is C14H18ClNOS. The third-order valence-corrected chi connectivity index (χ3v) is 4.59. The van der Waals surface area contributed by atoms with Gasteiger partial charge in [-0.15, -0.1) is 11.8 Å². The highest BCUT2D eigenvalue weighted by Gasteiger charge is 2.29. The Labute approximate surface area is 118 Å². The van der Waals surface area contributed by atoms with Gasteiger partial charge in [0.05, 0.1) is 0 Å². The average molecular weight is 284 g/mol. The Morgan fingerprint density at radius 3 is 3.11 bits per heavy atom. The molecule has 1 fully saturated rings. The zero-order chi connectivity index (χ0) is 13.0. The van der Waals surface area contributed by atoms with E-state index in [0.29, 0.717) is 6.42 Å². The standard InChI is InChI=1S/C14H18ClNOS/c1-2-3-7-13(17)16-8-9-18-14(16)11-5-4-6-12(15)10-11/h4-6,10,14H,2-3,7-9H2,1H3/t14-/m0/s1. The number of halogens is 1. The van der Waals surface area contributed by atoms with Crippen molar-refractivity contribution in [2.75, 3.05) is 12.3 Å². The lowest BCUT2D eigenvalue weighted by molar-refractivity contribution is -0.131. The zero-order valence-electron chi connectivity index (χ0n) is 10.6. The Kier molecular flexibility index (Phi) is 4.95. The summed E-state index contributed by atoms with van der Waals surface area (Å²) in [5, 5.41) is 0.883. The first-order valence-corrected chi connectivity index (χ1v) is 7.81. The molecule has 0 bridgehead atoms. The van der Waals surface area contributed by atoms with Crippen molar-refractivity contribution in [3.05, 3.63) is 34.9 Å².